The third-order valence-corrected chi connectivity index (χ3v) is 5.01. The summed E-state index contributed by atoms with van der Waals surface area (Å²) >= 11 is 0. The van der Waals surface area contributed by atoms with Crippen molar-refractivity contribution in [3.63, 3.8) is 0 Å². The minimum atomic E-state index is -3.49. The Hall–Kier alpha value is -2.32. The van der Waals surface area contributed by atoms with Gasteiger partial charge < -0.3 is 5.32 Å². The zero-order valence-corrected chi connectivity index (χ0v) is 14.4. The average molecular weight is 368 g/mol. The predicted molar refractivity (Wildman–Crippen MR) is 89.7 cm³/mol. The SMILES string of the molecule is CCNS(=O)(=O)c1ccc(CCNC(=O)c2ccc(F)c(F)c2)cc1. The lowest BCUT2D eigenvalue weighted by atomic mass is 10.1. The van der Waals surface area contributed by atoms with Crippen molar-refractivity contribution in [3.8, 4) is 0 Å². The van der Waals surface area contributed by atoms with Gasteiger partial charge in [0, 0.05) is 18.7 Å². The maximum Gasteiger partial charge on any atom is 0.251 e. The summed E-state index contributed by atoms with van der Waals surface area (Å²) in [6.45, 7) is 2.28. The fourth-order valence-corrected chi connectivity index (χ4v) is 3.21. The number of hydrogen-bond acceptors (Lipinski definition) is 3. The van der Waals surface area contributed by atoms with Crippen molar-refractivity contribution in [2.24, 2.45) is 0 Å². The van der Waals surface area contributed by atoms with Crippen LogP contribution in [-0.4, -0.2) is 27.4 Å². The molecule has 0 bridgehead atoms. The van der Waals surface area contributed by atoms with Crippen LogP contribution in [0.25, 0.3) is 0 Å². The summed E-state index contributed by atoms with van der Waals surface area (Å²) in [6, 6.07) is 9.24. The van der Waals surface area contributed by atoms with E-state index < -0.39 is 27.6 Å². The molecule has 2 aromatic carbocycles. The Morgan fingerprint density at radius 2 is 1.72 bits per heavy atom. The first-order chi connectivity index (χ1) is 11.8. The number of halogens is 2. The van der Waals surface area contributed by atoms with Gasteiger partial charge in [0.15, 0.2) is 11.6 Å². The second kappa shape index (κ2) is 8.17. The van der Waals surface area contributed by atoms with Crippen molar-refractivity contribution >= 4 is 15.9 Å². The van der Waals surface area contributed by atoms with Crippen LogP contribution in [0.3, 0.4) is 0 Å². The van der Waals surface area contributed by atoms with Gasteiger partial charge in [-0.1, -0.05) is 19.1 Å². The van der Waals surface area contributed by atoms with Crippen LogP contribution < -0.4 is 10.0 Å². The molecule has 2 N–H and O–H groups in total. The van der Waals surface area contributed by atoms with E-state index in [9.17, 15) is 22.0 Å². The number of nitrogens with one attached hydrogen (secondary N) is 2. The Balaban J connectivity index is 1.91. The van der Waals surface area contributed by atoms with Gasteiger partial charge in [-0.3, -0.25) is 4.79 Å². The molecule has 0 radical (unpaired) electrons. The first kappa shape index (κ1) is 19.0. The standard InChI is InChI=1S/C17H18F2N2O3S/c1-2-21-25(23,24)14-6-3-12(4-7-14)9-10-20-17(22)13-5-8-15(18)16(19)11-13/h3-8,11,21H,2,9-10H2,1H3,(H,20,22). The first-order valence-electron chi connectivity index (χ1n) is 7.65. The summed E-state index contributed by atoms with van der Waals surface area (Å²) in [4.78, 5) is 12.0. The van der Waals surface area contributed by atoms with Gasteiger partial charge in [0.2, 0.25) is 10.0 Å². The number of amides is 1. The monoisotopic (exact) mass is 368 g/mol. The normalized spacial score (nSPS) is 11.3. The Morgan fingerprint density at radius 1 is 1.04 bits per heavy atom. The summed E-state index contributed by atoms with van der Waals surface area (Å²) in [5.74, 6) is -2.60. The smallest absolute Gasteiger partial charge is 0.251 e. The Labute approximate surface area is 145 Å². The molecule has 0 aromatic heterocycles. The predicted octanol–water partition coefficient (Wildman–Crippen LogP) is 2.24. The van der Waals surface area contributed by atoms with E-state index >= 15 is 0 Å². The van der Waals surface area contributed by atoms with Gasteiger partial charge in [-0.05, 0) is 42.3 Å². The fraction of sp³-hybridized carbons (Fsp3) is 0.235. The van der Waals surface area contributed by atoms with Crippen molar-refractivity contribution in [1.29, 1.82) is 0 Å². The first-order valence-corrected chi connectivity index (χ1v) is 9.13. The molecule has 0 heterocycles. The van der Waals surface area contributed by atoms with E-state index in [-0.39, 0.29) is 17.0 Å². The van der Waals surface area contributed by atoms with Crippen LogP contribution in [-0.2, 0) is 16.4 Å². The number of benzene rings is 2. The maximum atomic E-state index is 13.1. The van der Waals surface area contributed by atoms with Gasteiger partial charge in [0.25, 0.3) is 5.91 Å². The van der Waals surface area contributed by atoms with Gasteiger partial charge in [-0.25, -0.2) is 21.9 Å². The third kappa shape index (κ3) is 5.07. The molecule has 25 heavy (non-hydrogen) atoms. The molecule has 0 atom stereocenters. The van der Waals surface area contributed by atoms with Crippen LogP contribution in [0.2, 0.25) is 0 Å². The van der Waals surface area contributed by atoms with E-state index in [1.54, 1.807) is 19.1 Å². The number of sulfonamides is 1. The van der Waals surface area contributed by atoms with Crippen molar-refractivity contribution < 1.29 is 22.0 Å². The van der Waals surface area contributed by atoms with Crippen LogP contribution in [0.5, 0.6) is 0 Å². The summed E-state index contributed by atoms with van der Waals surface area (Å²) in [5.41, 5.74) is 0.868. The van der Waals surface area contributed by atoms with Crippen LogP contribution >= 0.6 is 0 Å². The lowest BCUT2D eigenvalue weighted by Crippen LogP contribution is -2.26. The molecule has 0 fully saturated rings. The molecule has 2 rings (SSSR count). The quantitative estimate of drug-likeness (QED) is 0.787. The minimum Gasteiger partial charge on any atom is -0.352 e. The molecule has 0 aliphatic rings. The van der Waals surface area contributed by atoms with Gasteiger partial charge in [0.05, 0.1) is 4.90 Å². The van der Waals surface area contributed by atoms with E-state index in [1.807, 2.05) is 0 Å². The van der Waals surface area contributed by atoms with Crippen LogP contribution in [0.4, 0.5) is 8.78 Å². The summed E-state index contributed by atoms with van der Waals surface area (Å²) < 4.78 is 52.0. The van der Waals surface area contributed by atoms with Gasteiger partial charge in [-0.2, -0.15) is 0 Å². The maximum absolute atomic E-state index is 13.1. The van der Waals surface area contributed by atoms with Crippen LogP contribution in [0, 0.1) is 11.6 Å². The van der Waals surface area contributed by atoms with Crippen molar-refractivity contribution in [1.82, 2.24) is 10.0 Å². The lowest BCUT2D eigenvalue weighted by Gasteiger charge is -2.08. The molecular formula is C17H18F2N2O3S. The molecule has 0 saturated carbocycles. The second-order valence-electron chi connectivity index (χ2n) is 5.28. The number of hydrogen-bond donors (Lipinski definition) is 2. The highest BCUT2D eigenvalue weighted by Gasteiger charge is 2.12. The minimum absolute atomic E-state index is 0.0333. The van der Waals surface area contributed by atoms with E-state index in [1.165, 1.54) is 18.2 Å². The van der Waals surface area contributed by atoms with E-state index in [4.69, 9.17) is 0 Å². The molecular weight excluding hydrogens is 350 g/mol. The molecule has 0 aliphatic heterocycles. The highest BCUT2D eigenvalue weighted by Crippen LogP contribution is 2.11. The molecule has 8 heteroatoms. The number of carbonyl (C=O) groups is 1. The second-order valence-corrected chi connectivity index (χ2v) is 7.05. The highest BCUT2D eigenvalue weighted by molar-refractivity contribution is 7.89. The van der Waals surface area contributed by atoms with Gasteiger partial charge >= 0.3 is 0 Å². The molecule has 2 aromatic rings. The van der Waals surface area contributed by atoms with E-state index in [0.29, 0.717) is 13.0 Å². The molecule has 5 nitrogen and oxygen atoms in total. The zero-order valence-electron chi connectivity index (χ0n) is 13.6. The highest BCUT2D eigenvalue weighted by atomic mass is 32.2. The topological polar surface area (TPSA) is 75.3 Å². The third-order valence-electron chi connectivity index (χ3n) is 3.45. The van der Waals surface area contributed by atoms with E-state index in [2.05, 4.69) is 10.0 Å². The van der Waals surface area contributed by atoms with Gasteiger partial charge in [-0.15, -0.1) is 0 Å². The summed E-state index contributed by atoms with van der Waals surface area (Å²) in [7, 11) is -3.49. The van der Waals surface area contributed by atoms with Crippen molar-refractivity contribution in [2.45, 2.75) is 18.2 Å². The molecule has 0 aliphatic carbocycles. The van der Waals surface area contributed by atoms with Crippen molar-refractivity contribution in [3.05, 3.63) is 65.2 Å². The molecule has 1 amide bonds. The average Bonchev–Trinajstić information content (AvgIpc) is 2.57. The summed E-state index contributed by atoms with van der Waals surface area (Å²) in [5, 5.41) is 2.60. The molecule has 0 spiro atoms. The molecule has 134 valence electrons. The lowest BCUT2D eigenvalue weighted by molar-refractivity contribution is 0.0953. The van der Waals surface area contributed by atoms with E-state index in [0.717, 1.165) is 17.7 Å². The van der Waals surface area contributed by atoms with Crippen molar-refractivity contribution in [2.75, 3.05) is 13.1 Å². The Bertz CT molecular complexity index is 853. The van der Waals surface area contributed by atoms with Crippen LogP contribution in [0.1, 0.15) is 22.8 Å². The Morgan fingerprint density at radius 3 is 2.32 bits per heavy atom. The Kier molecular flexibility index (Phi) is 6.22. The number of carbonyl (C=O) groups excluding carboxylic acids is 1. The largest absolute Gasteiger partial charge is 0.352 e. The van der Waals surface area contributed by atoms with Crippen LogP contribution in [0.15, 0.2) is 47.4 Å². The fourth-order valence-electron chi connectivity index (χ4n) is 2.17. The summed E-state index contributed by atoms with van der Waals surface area (Å²) in [6.07, 6.45) is 0.469. The van der Waals surface area contributed by atoms with Gasteiger partial charge in [0.1, 0.15) is 0 Å². The zero-order chi connectivity index (χ0) is 18.4. The molecule has 0 saturated heterocycles. The number of rotatable bonds is 7. The molecule has 0 unspecified atom stereocenters.